The molecule has 0 radical (unpaired) electrons. The van der Waals surface area contributed by atoms with Crippen LogP contribution in [0.15, 0.2) is 24.3 Å². The summed E-state index contributed by atoms with van der Waals surface area (Å²) in [5, 5.41) is 0. The molecule has 4 heteroatoms. The van der Waals surface area contributed by atoms with Crippen molar-refractivity contribution in [2.45, 2.75) is 57.5 Å². The monoisotopic (exact) mass is 364 g/mol. The van der Waals surface area contributed by atoms with Gasteiger partial charge in [0.05, 0.1) is 34.3 Å². The molecule has 1 aromatic rings. The van der Waals surface area contributed by atoms with Crippen LogP contribution in [0.3, 0.4) is 0 Å². The highest BCUT2D eigenvalue weighted by Gasteiger charge is 2.20. The van der Waals surface area contributed by atoms with Gasteiger partial charge < -0.3 is 18.7 Å². The van der Waals surface area contributed by atoms with Crippen LogP contribution in [0.25, 0.3) is 0 Å². The van der Waals surface area contributed by atoms with Gasteiger partial charge in [-0.05, 0) is 31.4 Å². The average molecular weight is 365 g/mol. The van der Waals surface area contributed by atoms with Gasteiger partial charge in [0, 0.05) is 6.61 Å². The van der Waals surface area contributed by atoms with Gasteiger partial charge in [-0.15, -0.1) is 0 Å². The van der Waals surface area contributed by atoms with Crippen LogP contribution in [-0.4, -0.2) is 58.1 Å². The van der Waals surface area contributed by atoms with Gasteiger partial charge >= 0.3 is 0 Å². The Hall–Kier alpha value is -1.26. The Morgan fingerprint density at radius 3 is 2.19 bits per heavy atom. The molecule has 2 rings (SSSR count). The number of hydrogen-bond donors (Lipinski definition) is 0. The molecule has 0 N–H and O–H groups in total. The van der Waals surface area contributed by atoms with Crippen LogP contribution >= 0.6 is 0 Å². The minimum atomic E-state index is 0.0108. The smallest absolute Gasteiger partial charge is 0.161 e. The molecule has 1 aliphatic rings. The van der Waals surface area contributed by atoms with E-state index >= 15 is 0 Å². The van der Waals surface area contributed by atoms with Gasteiger partial charge in [-0.3, -0.25) is 0 Å². The number of nitrogens with zero attached hydrogens (tertiary/aromatic N) is 1. The predicted octanol–water partition coefficient (Wildman–Crippen LogP) is 4.67. The molecule has 0 saturated carbocycles. The van der Waals surface area contributed by atoms with Crippen molar-refractivity contribution in [1.29, 1.82) is 0 Å². The first-order chi connectivity index (χ1) is 12.5. The van der Waals surface area contributed by atoms with Gasteiger partial charge in [0.2, 0.25) is 0 Å². The van der Waals surface area contributed by atoms with Gasteiger partial charge in [0.15, 0.2) is 17.6 Å². The van der Waals surface area contributed by atoms with Crippen LogP contribution in [0, 0.1) is 0 Å². The van der Waals surface area contributed by atoms with Crippen molar-refractivity contribution in [3.63, 3.8) is 0 Å². The normalized spacial score (nSPS) is 16.7. The average Bonchev–Trinajstić information content (AvgIpc) is 2.61. The summed E-state index contributed by atoms with van der Waals surface area (Å²) >= 11 is 0. The second kappa shape index (κ2) is 11.5. The molecule has 1 aromatic carbocycles. The summed E-state index contributed by atoms with van der Waals surface area (Å²) in [6.07, 6.45) is 10.6. The Morgan fingerprint density at radius 1 is 0.885 bits per heavy atom. The minimum absolute atomic E-state index is 0.0108. The van der Waals surface area contributed by atoms with Gasteiger partial charge in [0.25, 0.3) is 0 Å². The van der Waals surface area contributed by atoms with E-state index in [-0.39, 0.29) is 6.10 Å². The molecule has 0 bridgehead atoms. The van der Waals surface area contributed by atoms with Crippen LogP contribution in [-0.2, 0) is 4.74 Å². The molecule has 0 aliphatic carbocycles. The number of unbranched alkanes of at least 4 members (excludes halogenated alkanes) is 7. The van der Waals surface area contributed by atoms with Gasteiger partial charge in [-0.2, -0.15) is 0 Å². The quantitative estimate of drug-likeness (QED) is 0.376. The van der Waals surface area contributed by atoms with E-state index < -0.39 is 0 Å². The minimum Gasteiger partial charge on any atom is -0.486 e. The largest absolute Gasteiger partial charge is 0.486 e. The molecule has 0 saturated heterocycles. The number of ether oxygens (including phenoxy) is 3. The summed E-state index contributed by atoms with van der Waals surface area (Å²) in [5.74, 6) is 1.66. The van der Waals surface area contributed by atoms with Crippen molar-refractivity contribution in [1.82, 2.24) is 0 Å². The van der Waals surface area contributed by atoms with Crippen LogP contribution in [0.2, 0.25) is 0 Å². The fourth-order valence-corrected chi connectivity index (χ4v) is 3.21. The molecule has 26 heavy (non-hydrogen) atoms. The maximum atomic E-state index is 5.89. The first kappa shape index (κ1) is 21.0. The lowest BCUT2D eigenvalue weighted by molar-refractivity contribution is -0.870. The molecule has 0 aromatic heterocycles. The molecule has 0 fully saturated rings. The maximum Gasteiger partial charge on any atom is 0.161 e. The second-order valence-corrected chi connectivity index (χ2v) is 8.41. The fraction of sp³-hybridized carbons (Fsp3) is 0.727. The van der Waals surface area contributed by atoms with Gasteiger partial charge in [-0.25, -0.2) is 0 Å². The van der Waals surface area contributed by atoms with Crippen LogP contribution in [0.5, 0.6) is 11.5 Å². The summed E-state index contributed by atoms with van der Waals surface area (Å²) in [6.45, 7) is 3.30. The summed E-state index contributed by atoms with van der Waals surface area (Å²) in [4.78, 5) is 0. The molecule has 4 nitrogen and oxygen atoms in total. The fourth-order valence-electron chi connectivity index (χ4n) is 3.21. The first-order valence-corrected chi connectivity index (χ1v) is 10.3. The predicted molar refractivity (Wildman–Crippen MR) is 107 cm³/mol. The zero-order chi connectivity index (χ0) is 18.7. The van der Waals surface area contributed by atoms with Crippen molar-refractivity contribution < 1.29 is 18.7 Å². The Bertz CT molecular complexity index is 498. The molecule has 0 amide bonds. The highest BCUT2D eigenvalue weighted by Crippen LogP contribution is 2.30. The SMILES string of the molecule is C[N+](C)(C)CCCCCCCCCCOCC1COc2ccccc2O1. The van der Waals surface area contributed by atoms with Crippen molar-refractivity contribution in [3.05, 3.63) is 24.3 Å². The standard InChI is InChI=1S/C22H38NO3/c1-23(2,3)16-12-8-6-4-5-7-9-13-17-24-18-20-19-25-21-14-10-11-15-22(21)26-20/h10-11,14-15,20H,4-9,12-13,16-19H2,1-3H3/q+1. The third-order valence-electron chi connectivity index (χ3n) is 4.74. The second-order valence-electron chi connectivity index (χ2n) is 8.41. The summed E-state index contributed by atoms with van der Waals surface area (Å²) in [6, 6.07) is 7.82. The van der Waals surface area contributed by atoms with E-state index in [1.807, 2.05) is 24.3 Å². The number of rotatable bonds is 13. The first-order valence-electron chi connectivity index (χ1n) is 10.3. The van der Waals surface area contributed by atoms with Crippen molar-refractivity contribution >= 4 is 0 Å². The van der Waals surface area contributed by atoms with Crippen LogP contribution in [0.4, 0.5) is 0 Å². The molecular weight excluding hydrogens is 326 g/mol. The zero-order valence-corrected chi connectivity index (χ0v) is 17.0. The lowest BCUT2D eigenvalue weighted by Gasteiger charge is -2.26. The Morgan fingerprint density at radius 2 is 1.50 bits per heavy atom. The van der Waals surface area contributed by atoms with E-state index in [0.29, 0.717) is 13.2 Å². The number of fused-ring (bicyclic) bond motifs is 1. The van der Waals surface area contributed by atoms with E-state index in [1.165, 1.54) is 51.5 Å². The Labute approximate surface area is 160 Å². The van der Waals surface area contributed by atoms with E-state index in [9.17, 15) is 0 Å². The van der Waals surface area contributed by atoms with Gasteiger partial charge in [-0.1, -0.05) is 44.2 Å². The topological polar surface area (TPSA) is 27.7 Å². The molecule has 1 heterocycles. The molecule has 1 aliphatic heterocycles. The summed E-state index contributed by atoms with van der Waals surface area (Å²) in [7, 11) is 6.82. The van der Waals surface area contributed by atoms with Crippen LogP contribution < -0.4 is 9.47 Å². The molecule has 0 spiro atoms. The van der Waals surface area contributed by atoms with Crippen LogP contribution in [0.1, 0.15) is 51.4 Å². The van der Waals surface area contributed by atoms with E-state index in [1.54, 1.807) is 0 Å². The van der Waals surface area contributed by atoms with Crippen molar-refractivity contribution in [3.8, 4) is 11.5 Å². The van der Waals surface area contributed by atoms with Crippen molar-refractivity contribution in [2.24, 2.45) is 0 Å². The molecule has 1 unspecified atom stereocenters. The van der Waals surface area contributed by atoms with E-state index in [2.05, 4.69) is 21.1 Å². The third kappa shape index (κ3) is 8.91. The number of benzene rings is 1. The highest BCUT2D eigenvalue weighted by atomic mass is 16.6. The van der Waals surface area contributed by atoms with E-state index in [0.717, 1.165) is 29.0 Å². The molecular formula is C22H38NO3+. The summed E-state index contributed by atoms with van der Waals surface area (Å²) in [5.41, 5.74) is 0. The highest BCUT2D eigenvalue weighted by molar-refractivity contribution is 5.40. The Balaban J connectivity index is 1.37. The lowest BCUT2D eigenvalue weighted by Crippen LogP contribution is -2.35. The third-order valence-corrected chi connectivity index (χ3v) is 4.74. The van der Waals surface area contributed by atoms with Crippen molar-refractivity contribution in [2.75, 3.05) is 47.5 Å². The summed E-state index contributed by atoms with van der Waals surface area (Å²) < 4.78 is 18.5. The zero-order valence-electron chi connectivity index (χ0n) is 17.0. The van der Waals surface area contributed by atoms with Gasteiger partial charge in [0.1, 0.15) is 6.61 Å². The number of para-hydroxylation sites is 2. The number of hydrogen-bond acceptors (Lipinski definition) is 3. The lowest BCUT2D eigenvalue weighted by atomic mass is 10.1. The number of quaternary nitrogens is 1. The Kier molecular flexibility index (Phi) is 9.27. The maximum absolute atomic E-state index is 5.89. The van der Waals surface area contributed by atoms with E-state index in [4.69, 9.17) is 14.2 Å². The molecule has 1 atom stereocenters. The molecule has 148 valence electrons.